The fraction of sp³-hybridized carbons (Fsp3) is 0.652. The smallest absolute Gasteiger partial charge is 0.302 e. The number of carbonyl (C=O) groups is 2. The number of hydrogen-bond donors (Lipinski definition) is 0. The molecule has 146 valence electrons. The largest absolute Gasteiger partial charge is 0.493 e. The van der Waals surface area contributed by atoms with Gasteiger partial charge in [-0.25, -0.2) is 0 Å². The molecule has 3 aliphatic rings. The Balaban J connectivity index is 1.42. The molecule has 2 fully saturated rings. The topological polar surface area (TPSA) is 52.6 Å². The zero-order valence-corrected chi connectivity index (χ0v) is 16.5. The summed E-state index contributed by atoms with van der Waals surface area (Å²) in [4.78, 5) is 23.2. The summed E-state index contributed by atoms with van der Waals surface area (Å²) in [6, 6.07) is 6.54. The summed E-state index contributed by atoms with van der Waals surface area (Å²) in [7, 11) is 0. The van der Waals surface area contributed by atoms with E-state index in [9.17, 15) is 9.59 Å². The van der Waals surface area contributed by atoms with Gasteiger partial charge in [-0.15, -0.1) is 0 Å². The first-order chi connectivity index (χ1) is 13.0. The van der Waals surface area contributed by atoms with Gasteiger partial charge >= 0.3 is 5.97 Å². The van der Waals surface area contributed by atoms with E-state index < -0.39 is 0 Å². The lowest BCUT2D eigenvalue weighted by molar-refractivity contribution is -0.141. The number of benzene rings is 1. The average Bonchev–Trinajstić information content (AvgIpc) is 2.96. The fourth-order valence-corrected chi connectivity index (χ4v) is 5.88. The van der Waals surface area contributed by atoms with Crippen molar-refractivity contribution in [1.29, 1.82) is 0 Å². The Kier molecular flexibility index (Phi) is 5.00. The van der Waals surface area contributed by atoms with Gasteiger partial charge in [-0.3, -0.25) is 9.59 Å². The van der Waals surface area contributed by atoms with Crippen LogP contribution in [0.5, 0.6) is 5.75 Å². The number of esters is 1. The molecule has 0 unspecified atom stereocenters. The molecule has 0 bridgehead atoms. The number of Topliss-reactive ketones (excluding diaryl/α,β-unsaturated/α-hetero) is 1. The molecular weight excluding hydrogens is 340 g/mol. The second-order valence-corrected chi connectivity index (χ2v) is 8.74. The molecule has 4 rings (SSSR count). The van der Waals surface area contributed by atoms with Crippen molar-refractivity contribution in [3.8, 4) is 5.75 Å². The van der Waals surface area contributed by atoms with Crippen molar-refractivity contribution in [1.82, 2.24) is 0 Å². The molecule has 4 heteroatoms. The van der Waals surface area contributed by atoms with Crippen molar-refractivity contribution in [2.45, 2.75) is 64.7 Å². The second-order valence-electron chi connectivity index (χ2n) is 8.74. The van der Waals surface area contributed by atoms with Crippen molar-refractivity contribution >= 4 is 11.8 Å². The number of ketones is 1. The van der Waals surface area contributed by atoms with Crippen LogP contribution in [0.3, 0.4) is 0 Å². The quantitative estimate of drug-likeness (QED) is 0.568. The van der Waals surface area contributed by atoms with Crippen LogP contribution in [0, 0.1) is 17.3 Å². The number of ether oxygens (including phenoxy) is 2. The summed E-state index contributed by atoms with van der Waals surface area (Å²) in [5.74, 6) is 3.02. The molecule has 0 aromatic heterocycles. The van der Waals surface area contributed by atoms with E-state index in [1.807, 2.05) is 0 Å². The van der Waals surface area contributed by atoms with E-state index in [0.29, 0.717) is 43.2 Å². The van der Waals surface area contributed by atoms with Crippen molar-refractivity contribution < 1.29 is 19.1 Å². The van der Waals surface area contributed by atoms with Gasteiger partial charge in [0.1, 0.15) is 11.5 Å². The minimum Gasteiger partial charge on any atom is -0.493 e. The van der Waals surface area contributed by atoms with Crippen molar-refractivity contribution in [2.75, 3.05) is 13.2 Å². The maximum atomic E-state index is 12.4. The summed E-state index contributed by atoms with van der Waals surface area (Å²) in [5.41, 5.74) is 2.85. The van der Waals surface area contributed by atoms with Crippen LogP contribution in [0.25, 0.3) is 0 Å². The molecule has 4 nitrogen and oxygen atoms in total. The highest BCUT2D eigenvalue weighted by atomic mass is 16.5. The van der Waals surface area contributed by atoms with Crippen molar-refractivity contribution in [3.63, 3.8) is 0 Å². The standard InChI is InChI=1S/C23H30O4/c1-15(24)26-12-3-13-27-17-5-7-18-16(14-17)4-6-20-19(18)10-11-23(2)21(20)8-9-22(23)25/h5,7,14,19-21H,3-4,6,8-13H2,1-2H3/t19-,20-,21+,23+/m1/s1. The van der Waals surface area contributed by atoms with Gasteiger partial charge in [0, 0.05) is 25.2 Å². The molecule has 0 heterocycles. The first-order valence-corrected chi connectivity index (χ1v) is 10.4. The molecule has 0 spiro atoms. The number of hydrogen-bond acceptors (Lipinski definition) is 4. The third-order valence-corrected chi connectivity index (χ3v) is 7.27. The summed E-state index contributed by atoms with van der Waals surface area (Å²) in [6.45, 7) is 4.61. The van der Waals surface area contributed by atoms with E-state index in [-0.39, 0.29) is 11.4 Å². The predicted octanol–water partition coefficient (Wildman–Crippen LogP) is 4.44. The Morgan fingerprint density at radius 3 is 2.85 bits per heavy atom. The minimum absolute atomic E-state index is 0.0519. The maximum absolute atomic E-state index is 12.4. The SMILES string of the molecule is CC(=O)OCCCOc1ccc2c(c1)CC[C@@H]1[C@@H]2CC[C@]2(C)C(=O)CC[C@@H]12. The highest BCUT2D eigenvalue weighted by Crippen LogP contribution is 2.59. The molecule has 3 aliphatic carbocycles. The minimum atomic E-state index is -0.245. The van der Waals surface area contributed by atoms with E-state index in [1.165, 1.54) is 24.5 Å². The molecule has 0 saturated heterocycles. The Bertz CT molecular complexity index is 740. The molecule has 0 amide bonds. The molecule has 1 aromatic carbocycles. The van der Waals surface area contributed by atoms with Crippen LogP contribution in [0.15, 0.2) is 18.2 Å². The van der Waals surface area contributed by atoms with Crippen LogP contribution in [0.2, 0.25) is 0 Å². The number of aryl methyl sites for hydroxylation is 1. The van der Waals surface area contributed by atoms with E-state index in [2.05, 4.69) is 25.1 Å². The van der Waals surface area contributed by atoms with Gasteiger partial charge in [0.15, 0.2) is 0 Å². The van der Waals surface area contributed by atoms with E-state index >= 15 is 0 Å². The van der Waals surface area contributed by atoms with Crippen LogP contribution in [-0.4, -0.2) is 25.0 Å². The normalized spacial score (nSPS) is 31.6. The van der Waals surface area contributed by atoms with Gasteiger partial charge in [0.25, 0.3) is 0 Å². The van der Waals surface area contributed by atoms with Gasteiger partial charge in [-0.1, -0.05) is 13.0 Å². The third kappa shape index (κ3) is 3.39. The van der Waals surface area contributed by atoms with Crippen LogP contribution in [-0.2, 0) is 20.7 Å². The lowest BCUT2D eigenvalue weighted by atomic mass is 9.55. The summed E-state index contributed by atoms with van der Waals surface area (Å²) in [5, 5.41) is 0. The average molecular weight is 370 g/mol. The van der Waals surface area contributed by atoms with E-state index in [4.69, 9.17) is 9.47 Å². The monoisotopic (exact) mass is 370 g/mol. The Labute approximate surface area is 161 Å². The second kappa shape index (κ2) is 7.29. The first-order valence-electron chi connectivity index (χ1n) is 10.4. The number of rotatable bonds is 5. The highest BCUT2D eigenvalue weighted by molar-refractivity contribution is 5.87. The lowest BCUT2D eigenvalue weighted by Crippen LogP contribution is -2.42. The predicted molar refractivity (Wildman–Crippen MR) is 103 cm³/mol. The van der Waals surface area contributed by atoms with E-state index in [1.54, 1.807) is 0 Å². The molecule has 27 heavy (non-hydrogen) atoms. The maximum Gasteiger partial charge on any atom is 0.302 e. The highest BCUT2D eigenvalue weighted by Gasteiger charge is 2.54. The molecule has 4 atom stereocenters. The van der Waals surface area contributed by atoms with Crippen LogP contribution >= 0.6 is 0 Å². The summed E-state index contributed by atoms with van der Waals surface area (Å²) in [6.07, 6.45) is 7.05. The molecule has 0 N–H and O–H groups in total. The third-order valence-electron chi connectivity index (χ3n) is 7.27. The molecular formula is C23H30O4. The molecule has 0 radical (unpaired) electrons. The van der Waals surface area contributed by atoms with Crippen LogP contribution in [0.4, 0.5) is 0 Å². The Morgan fingerprint density at radius 2 is 2.04 bits per heavy atom. The van der Waals surface area contributed by atoms with Crippen molar-refractivity contribution in [2.24, 2.45) is 17.3 Å². The van der Waals surface area contributed by atoms with E-state index in [0.717, 1.165) is 37.9 Å². The van der Waals surface area contributed by atoms with Gasteiger partial charge in [-0.2, -0.15) is 0 Å². The summed E-state index contributed by atoms with van der Waals surface area (Å²) >= 11 is 0. The number of carbonyl (C=O) groups excluding carboxylic acids is 2. The fourth-order valence-electron chi connectivity index (χ4n) is 5.88. The Morgan fingerprint density at radius 1 is 1.19 bits per heavy atom. The molecule has 0 aliphatic heterocycles. The zero-order valence-electron chi connectivity index (χ0n) is 16.5. The first kappa shape index (κ1) is 18.5. The number of fused-ring (bicyclic) bond motifs is 5. The van der Waals surface area contributed by atoms with Gasteiger partial charge in [0.05, 0.1) is 13.2 Å². The van der Waals surface area contributed by atoms with Gasteiger partial charge in [0.2, 0.25) is 0 Å². The van der Waals surface area contributed by atoms with Crippen LogP contribution < -0.4 is 4.74 Å². The van der Waals surface area contributed by atoms with Gasteiger partial charge < -0.3 is 9.47 Å². The Hall–Kier alpha value is -1.84. The lowest BCUT2D eigenvalue weighted by Gasteiger charge is -2.48. The van der Waals surface area contributed by atoms with Crippen LogP contribution in [0.1, 0.15) is 69.4 Å². The van der Waals surface area contributed by atoms with Gasteiger partial charge in [-0.05, 0) is 73.1 Å². The molecule has 1 aromatic rings. The summed E-state index contributed by atoms with van der Waals surface area (Å²) < 4.78 is 10.8. The molecule has 2 saturated carbocycles. The zero-order chi connectivity index (χ0) is 19.0. The van der Waals surface area contributed by atoms with Crippen molar-refractivity contribution in [3.05, 3.63) is 29.3 Å².